The molecule has 1 aliphatic rings. The van der Waals surface area contributed by atoms with Crippen molar-refractivity contribution in [2.24, 2.45) is 5.92 Å². The first-order valence-electron chi connectivity index (χ1n) is 7.63. The number of rotatable bonds is 5. The lowest BCUT2D eigenvalue weighted by molar-refractivity contribution is -0.127. The smallest absolute Gasteiger partial charge is 0.260 e. The predicted octanol–water partition coefficient (Wildman–Crippen LogP) is 3.10. The lowest BCUT2D eigenvalue weighted by Crippen LogP contribution is -2.38. The largest absolute Gasteiger partial charge is 0.481 e. The van der Waals surface area contributed by atoms with Gasteiger partial charge in [-0.25, -0.2) is 0 Å². The van der Waals surface area contributed by atoms with Crippen LogP contribution in [0.4, 0.5) is 0 Å². The summed E-state index contributed by atoms with van der Waals surface area (Å²) in [7, 11) is 0. The van der Waals surface area contributed by atoms with Crippen LogP contribution in [-0.2, 0) is 17.6 Å². The Labute approximate surface area is 121 Å². The molecule has 0 radical (unpaired) electrons. The lowest BCUT2D eigenvalue weighted by atomic mass is 9.91. The van der Waals surface area contributed by atoms with Gasteiger partial charge in [-0.3, -0.25) is 4.79 Å². The first-order valence-corrected chi connectivity index (χ1v) is 7.63. The molecule has 3 nitrogen and oxygen atoms in total. The molecule has 0 spiro atoms. The van der Waals surface area contributed by atoms with Crippen LogP contribution >= 0.6 is 0 Å². The summed E-state index contributed by atoms with van der Waals surface area (Å²) in [5.41, 5.74) is 2.67. The summed E-state index contributed by atoms with van der Waals surface area (Å²) in [4.78, 5) is 12.0. The van der Waals surface area contributed by atoms with Gasteiger partial charge in [0.15, 0.2) is 6.10 Å². The van der Waals surface area contributed by atoms with Gasteiger partial charge in [-0.2, -0.15) is 0 Å². The maximum absolute atomic E-state index is 12.0. The third-order valence-corrected chi connectivity index (χ3v) is 3.71. The van der Waals surface area contributed by atoms with E-state index in [4.69, 9.17) is 4.74 Å². The van der Waals surface area contributed by atoms with Crippen molar-refractivity contribution in [3.8, 4) is 5.75 Å². The standard InChI is InChI=1S/C17H25NO2/c1-12(2)11-18-17(19)13(3)20-16-10-6-8-14-7-4-5-9-15(14)16/h6,8,10,12-13H,4-5,7,9,11H2,1-3H3,(H,18,19)/t13-/m1/s1. The Hall–Kier alpha value is -1.51. The number of hydrogen-bond acceptors (Lipinski definition) is 2. The SMILES string of the molecule is CC(C)CNC(=O)[C@@H](C)Oc1cccc2c1CCCC2. The number of amides is 1. The Bertz CT molecular complexity index is 468. The zero-order valence-corrected chi connectivity index (χ0v) is 12.7. The van der Waals surface area contributed by atoms with E-state index in [1.165, 1.54) is 24.0 Å². The number of carbonyl (C=O) groups excluding carboxylic acids is 1. The van der Waals surface area contributed by atoms with Crippen molar-refractivity contribution in [3.63, 3.8) is 0 Å². The number of fused-ring (bicyclic) bond motifs is 1. The summed E-state index contributed by atoms with van der Waals surface area (Å²) in [6, 6.07) is 6.18. The van der Waals surface area contributed by atoms with Gasteiger partial charge < -0.3 is 10.1 Å². The predicted molar refractivity (Wildman–Crippen MR) is 81.0 cm³/mol. The van der Waals surface area contributed by atoms with Crippen molar-refractivity contribution in [3.05, 3.63) is 29.3 Å². The third-order valence-electron chi connectivity index (χ3n) is 3.71. The molecule has 0 bridgehead atoms. The van der Waals surface area contributed by atoms with Crippen LogP contribution in [0.5, 0.6) is 5.75 Å². The molecular formula is C17H25NO2. The number of aryl methyl sites for hydroxylation is 1. The minimum Gasteiger partial charge on any atom is -0.481 e. The van der Waals surface area contributed by atoms with Gasteiger partial charge in [0.05, 0.1) is 0 Å². The van der Waals surface area contributed by atoms with Crippen molar-refractivity contribution in [1.82, 2.24) is 5.32 Å². The fourth-order valence-electron chi connectivity index (χ4n) is 2.55. The minimum atomic E-state index is -0.442. The molecule has 20 heavy (non-hydrogen) atoms. The Morgan fingerprint density at radius 2 is 2.00 bits per heavy atom. The molecule has 0 saturated heterocycles. The number of carbonyl (C=O) groups is 1. The average molecular weight is 275 g/mol. The fraction of sp³-hybridized carbons (Fsp3) is 0.588. The zero-order valence-electron chi connectivity index (χ0n) is 12.7. The van der Waals surface area contributed by atoms with Crippen LogP contribution in [0.2, 0.25) is 0 Å². The molecule has 0 saturated carbocycles. The van der Waals surface area contributed by atoms with Gasteiger partial charge in [0.25, 0.3) is 5.91 Å². The molecule has 0 aliphatic heterocycles. The summed E-state index contributed by atoms with van der Waals surface area (Å²) >= 11 is 0. The molecule has 1 aromatic carbocycles. The van der Waals surface area contributed by atoms with Crippen LogP contribution in [0.3, 0.4) is 0 Å². The second-order valence-electron chi connectivity index (χ2n) is 6.00. The van der Waals surface area contributed by atoms with E-state index in [-0.39, 0.29) is 5.91 Å². The van der Waals surface area contributed by atoms with Crippen molar-refractivity contribution in [2.45, 2.75) is 52.6 Å². The first kappa shape index (κ1) is 14.9. The molecule has 1 N–H and O–H groups in total. The number of ether oxygens (including phenoxy) is 1. The normalized spacial score (nSPS) is 15.6. The second kappa shape index (κ2) is 6.78. The van der Waals surface area contributed by atoms with Crippen molar-refractivity contribution < 1.29 is 9.53 Å². The van der Waals surface area contributed by atoms with Crippen LogP contribution in [-0.4, -0.2) is 18.6 Å². The highest BCUT2D eigenvalue weighted by molar-refractivity contribution is 5.80. The first-order chi connectivity index (χ1) is 9.58. The molecule has 3 heteroatoms. The van der Waals surface area contributed by atoms with E-state index in [1.807, 2.05) is 19.1 Å². The van der Waals surface area contributed by atoms with Gasteiger partial charge in [-0.15, -0.1) is 0 Å². The molecule has 0 fully saturated rings. The molecule has 0 unspecified atom stereocenters. The molecule has 1 amide bonds. The summed E-state index contributed by atoms with van der Waals surface area (Å²) in [5, 5.41) is 2.92. The van der Waals surface area contributed by atoms with Gasteiger partial charge in [-0.05, 0) is 55.7 Å². The van der Waals surface area contributed by atoms with Crippen molar-refractivity contribution in [2.75, 3.05) is 6.54 Å². The summed E-state index contributed by atoms with van der Waals surface area (Å²) in [6.45, 7) is 6.68. The van der Waals surface area contributed by atoms with E-state index in [0.29, 0.717) is 12.5 Å². The average Bonchev–Trinajstić information content (AvgIpc) is 2.45. The van der Waals surface area contributed by atoms with E-state index < -0.39 is 6.10 Å². The number of benzene rings is 1. The summed E-state index contributed by atoms with van der Waals surface area (Å²) in [5.74, 6) is 1.30. The third kappa shape index (κ3) is 3.75. The zero-order chi connectivity index (χ0) is 14.5. The topological polar surface area (TPSA) is 38.3 Å². The van der Waals surface area contributed by atoms with Gasteiger partial charge >= 0.3 is 0 Å². The van der Waals surface area contributed by atoms with Gasteiger partial charge in [0.1, 0.15) is 5.75 Å². The van der Waals surface area contributed by atoms with Crippen molar-refractivity contribution >= 4 is 5.91 Å². The Kier molecular flexibility index (Phi) is 5.05. The Balaban J connectivity index is 2.01. The molecule has 0 heterocycles. The fourth-order valence-corrected chi connectivity index (χ4v) is 2.55. The van der Waals surface area contributed by atoms with E-state index in [0.717, 1.165) is 18.6 Å². The number of nitrogens with one attached hydrogen (secondary N) is 1. The van der Waals surface area contributed by atoms with Crippen LogP contribution < -0.4 is 10.1 Å². The van der Waals surface area contributed by atoms with Crippen LogP contribution in [0.1, 0.15) is 44.7 Å². The van der Waals surface area contributed by atoms with Gasteiger partial charge in [-0.1, -0.05) is 26.0 Å². The molecule has 2 rings (SSSR count). The quantitative estimate of drug-likeness (QED) is 0.896. The maximum Gasteiger partial charge on any atom is 0.260 e. The molecule has 1 aromatic rings. The highest BCUT2D eigenvalue weighted by atomic mass is 16.5. The monoisotopic (exact) mass is 275 g/mol. The maximum atomic E-state index is 12.0. The lowest BCUT2D eigenvalue weighted by Gasteiger charge is -2.22. The minimum absolute atomic E-state index is 0.0351. The molecule has 0 aromatic heterocycles. The van der Waals surface area contributed by atoms with Crippen molar-refractivity contribution in [1.29, 1.82) is 0 Å². The highest BCUT2D eigenvalue weighted by Gasteiger charge is 2.19. The van der Waals surface area contributed by atoms with E-state index in [1.54, 1.807) is 0 Å². The molecule has 110 valence electrons. The molecule has 1 atom stereocenters. The van der Waals surface area contributed by atoms with E-state index >= 15 is 0 Å². The summed E-state index contributed by atoms with van der Waals surface area (Å²) < 4.78 is 5.89. The summed E-state index contributed by atoms with van der Waals surface area (Å²) in [6.07, 6.45) is 4.20. The van der Waals surface area contributed by atoms with Crippen LogP contribution in [0, 0.1) is 5.92 Å². The Morgan fingerprint density at radius 1 is 1.25 bits per heavy atom. The van der Waals surface area contributed by atoms with Crippen LogP contribution in [0.25, 0.3) is 0 Å². The molecule has 1 aliphatic carbocycles. The highest BCUT2D eigenvalue weighted by Crippen LogP contribution is 2.30. The Morgan fingerprint density at radius 3 is 2.75 bits per heavy atom. The van der Waals surface area contributed by atoms with Gasteiger partial charge in [0, 0.05) is 6.54 Å². The number of hydrogen-bond donors (Lipinski definition) is 1. The van der Waals surface area contributed by atoms with E-state index in [2.05, 4.69) is 25.2 Å². The molecular weight excluding hydrogens is 250 g/mol. The van der Waals surface area contributed by atoms with E-state index in [9.17, 15) is 4.79 Å². The van der Waals surface area contributed by atoms with Gasteiger partial charge in [0.2, 0.25) is 0 Å². The van der Waals surface area contributed by atoms with Crippen LogP contribution in [0.15, 0.2) is 18.2 Å². The second-order valence-corrected chi connectivity index (χ2v) is 6.00.